The molecule has 0 saturated heterocycles. The van der Waals surface area contributed by atoms with Gasteiger partial charge in [-0.25, -0.2) is 4.79 Å². The van der Waals surface area contributed by atoms with Crippen molar-refractivity contribution >= 4 is 23.0 Å². The summed E-state index contributed by atoms with van der Waals surface area (Å²) in [7, 11) is 0. The minimum Gasteiger partial charge on any atom is -0.478 e. The van der Waals surface area contributed by atoms with Crippen LogP contribution in [-0.2, 0) is 6.54 Å². The zero-order chi connectivity index (χ0) is 11.4. The van der Waals surface area contributed by atoms with E-state index in [2.05, 4.69) is 10.3 Å². The van der Waals surface area contributed by atoms with Gasteiger partial charge in [0.1, 0.15) is 0 Å². The second kappa shape index (κ2) is 4.76. The SMILES string of the molecule is O=C(O)c1ccncc1NCc1cccs1. The van der Waals surface area contributed by atoms with Gasteiger partial charge in [-0.05, 0) is 17.5 Å². The Morgan fingerprint density at radius 1 is 1.50 bits per heavy atom. The number of carboxylic acids is 1. The first-order valence-corrected chi connectivity index (χ1v) is 5.59. The molecule has 2 aromatic rings. The lowest BCUT2D eigenvalue weighted by molar-refractivity contribution is 0.0698. The highest BCUT2D eigenvalue weighted by atomic mass is 32.1. The van der Waals surface area contributed by atoms with Gasteiger partial charge in [-0.15, -0.1) is 11.3 Å². The van der Waals surface area contributed by atoms with Gasteiger partial charge in [0, 0.05) is 17.6 Å². The van der Waals surface area contributed by atoms with Crippen molar-refractivity contribution in [2.45, 2.75) is 6.54 Å². The first kappa shape index (κ1) is 10.6. The number of thiophene rings is 1. The number of hydrogen-bond donors (Lipinski definition) is 2. The standard InChI is InChI=1S/C11H10N2O2S/c14-11(15)9-3-4-12-7-10(9)13-6-8-2-1-5-16-8/h1-5,7,13H,6H2,(H,14,15). The molecule has 4 nitrogen and oxygen atoms in total. The summed E-state index contributed by atoms with van der Waals surface area (Å²) in [6, 6.07) is 5.44. The first-order chi connectivity index (χ1) is 7.77. The molecule has 2 N–H and O–H groups in total. The summed E-state index contributed by atoms with van der Waals surface area (Å²) in [6.45, 7) is 0.615. The van der Waals surface area contributed by atoms with Crippen LogP contribution in [0.25, 0.3) is 0 Å². The van der Waals surface area contributed by atoms with Gasteiger partial charge >= 0.3 is 5.97 Å². The lowest BCUT2D eigenvalue weighted by Crippen LogP contribution is -2.05. The van der Waals surface area contributed by atoms with Gasteiger partial charge < -0.3 is 10.4 Å². The molecule has 0 aliphatic heterocycles. The van der Waals surface area contributed by atoms with Crippen molar-refractivity contribution < 1.29 is 9.90 Å². The Bertz CT molecular complexity index is 482. The largest absolute Gasteiger partial charge is 0.478 e. The maximum Gasteiger partial charge on any atom is 0.337 e. The van der Waals surface area contributed by atoms with Crippen LogP contribution in [0.5, 0.6) is 0 Å². The van der Waals surface area contributed by atoms with E-state index in [1.54, 1.807) is 11.3 Å². The van der Waals surface area contributed by atoms with Crippen molar-refractivity contribution in [1.29, 1.82) is 0 Å². The molecule has 0 radical (unpaired) electrons. The Morgan fingerprint density at radius 3 is 3.06 bits per heavy atom. The maximum atomic E-state index is 10.9. The molecule has 0 spiro atoms. The second-order valence-corrected chi connectivity index (χ2v) is 4.19. The van der Waals surface area contributed by atoms with Crippen molar-refractivity contribution in [3.05, 3.63) is 46.4 Å². The lowest BCUT2D eigenvalue weighted by atomic mass is 10.2. The quantitative estimate of drug-likeness (QED) is 0.853. The highest BCUT2D eigenvalue weighted by Gasteiger charge is 2.08. The van der Waals surface area contributed by atoms with Crippen LogP contribution in [0.3, 0.4) is 0 Å². The number of rotatable bonds is 4. The molecular formula is C11H10N2O2S. The molecule has 0 amide bonds. The van der Waals surface area contributed by atoms with Crippen LogP contribution in [0.15, 0.2) is 36.0 Å². The average molecular weight is 234 g/mol. The van der Waals surface area contributed by atoms with E-state index in [0.29, 0.717) is 12.2 Å². The first-order valence-electron chi connectivity index (χ1n) is 4.71. The van der Waals surface area contributed by atoms with Crippen molar-refractivity contribution in [3.8, 4) is 0 Å². The van der Waals surface area contributed by atoms with Gasteiger partial charge in [0.15, 0.2) is 0 Å². The smallest absolute Gasteiger partial charge is 0.337 e. The van der Waals surface area contributed by atoms with E-state index >= 15 is 0 Å². The summed E-state index contributed by atoms with van der Waals surface area (Å²) in [5.74, 6) is -0.948. The number of anilines is 1. The maximum absolute atomic E-state index is 10.9. The molecule has 0 unspecified atom stereocenters. The highest BCUT2D eigenvalue weighted by Crippen LogP contribution is 2.16. The van der Waals surface area contributed by atoms with Crippen LogP contribution >= 0.6 is 11.3 Å². The zero-order valence-electron chi connectivity index (χ0n) is 8.38. The molecule has 0 atom stereocenters. The lowest BCUT2D eigenvalue weighted by Gasteiger charge is -2.07. The molecule has 0 aromatic carbocycles. The minimum absolute atomic E-state index is 0.242. The zero-order valence-corrected chi connectivity index (χ0v) is 9.20. The molecule has 5 heteroatoms. The summed E-state index contributed by atoms with van der Waals surface area (Å²) in [5, 5.41) is 14.0. The Kier molecular flexibility index (Phi) is 3.16. The fourth-order valence-electron chi connectivity index (χ4n) is 1.32. The Balaban J connectivity index is 2.12. The van der Waals surface area contributed by atoms with Crippen LogP contribution in [0, 0.1) is 0 Å². The van der Waals surface area contributed by atoms with Gasteiger partial charge in [0.25, 0.3) is 0 Å². The van der Waals surface area contributed by atoms with E-state index in [-0.39, 0.29) is 5.56 Å². The third kappa shape index (κ3) is 2.38. The molecule has 2 aromatic heterocycles. The second-order valence-electron chi connectivity index (χ2n) is 3.16. The molecule has 0 fully saturated rings. The number of pyridine rings is 1. The van der Waals surface area contributed by atoms with Crippen molar-refractivity contribution in [2.75, 3.05) is 5.32 Å². The van der Waals surface area contributed by atoms with E-state index < -0.39 is 5.97 Å². The van der Waals surface area contributed by atoms with E-state index in [9.17, 15) is 4.79 Å². The van der Waals surface area contributed by atoms with Crippen LogP contribution in [0.4, 0.5) is 5.69 Å². The number of nitrogens with zero attached hydrogens (tertiary/aromatic N) is 1. The van der Waals surface area contributed by atoms with Gasteiger partial charge in [-0.3, -0.25) is 4.98 Å². The highest BCUT2D eigenvalue weighted by molar-refractivity contribution is 7.09. The van der Waals surface area contributed by atoms with Crippen molar-refractivity contribution in [2.24, 2.45) is 0 Å². The molecule has 16 heavy (non-hydrogen) atoms. The molecule has 0 aliphatic rings. The Labute approximate surface area is 96.6 Å². The predicted octanol–water partition coefficient (Wildman–Crippen LogP) is 2.45. The van der Waals surface area contributed by atoms with E-state index in [1.807, 2.05) is 17.5 Å². The van der Waals surface area contributed by atoms with E-state index in [0.717, 1.165) is 4.88 Å². The van der Waals surface area contributed by atoms with Gasteiger partial charge in [-0.1, -0.05) is 6.07 Å². The number of hydrogen-bond acceptors (Lipinski definition) is 4. The summed E-state index contributed by atoms with van der Waals surface area (Å²) in [5.41, 5.74) is 0.787. The number of carbonyl (C=O) groups is 1. The van der Waals surface area contributed by atoms with Gasteiger partial charge in [0.2, 0.25) is 0 Å². The predicted molar refractivity (Wildman–Crippen MR) is 62.8 cm³/mol. The van der Waals surface area contributed by atoms with Crippen molar-refractivity contribution in [1.82, 2.24) is 4.98 Å². The van der Waals surface area contributed by atoms with E-state index in [1.165, 1.54) is 18.5 Å². The van der Waals surface area contributed by atoms with Crippen LogP contribution in [-0.4, -0.2) is 16.1 Å². The third-order valence-electron chi connectivity index (χ3n) is 2.08. The molecule has 0 saturated carbocycles. The van der Waals surface area contributed by atoms with Crippen LogP contribution in [0.1, 0.15) is 15.2 Å². The topological polar surface area (TPSA) is 62.2 Å². The minimum atomic E-state index is -0.948. The number of carboxylic acid groups (broad SMARTS) is 1. The summed E-state index contributed by atoms with van der Waals surface area (Å²) < 4.78 is 0. The normalized spacial score (nSPS) is 10.0. The van der Waals surface area contributed by atoms with Crippen molar-refractivity contribution in [3.63, 3.8) is 0 Å². The molecule has 82 valence electrons. The third-order valence-corrected chi connectivity index (χ3v) is 2.96. The fourth-order valence-corrected chi connectivity index (χ4v) is 1.96. The molecule has 0 bridgehead atoms. The molecular weight excluding hydrogens is 224 g/mol. The van der Waals surface area contributed by atoms with Gasteiger partial charge in [0.05, 0.1) is 17.4 Å². The summed E-state index contributed by atoms with van der Waals surface area (Å²) in [6.07, 6.45) is 3.00. The average Bonchev–Trinajstić information content (AvgIpc) is 2.79. The van der Waals surface area contributed by atoms with E-state index in [4.69, 9.17) is 5.11 Å². The van der Waals surface area contributed by atoms with Crippen LogP contribution < -0.4 is 5.32 Å². The molecule has 2 heterocycles. The Morgan fingerprint density at radius 2 is 2.38 bits per heavy atom. The molecule has 0 aliphatic carbocycles. The monoisotopic (exact) mass is 234 g/mol. The fraction of sp³-hybridized carbons (Fsp3) is 0.0909. The summed E-state index contributed by atoms with van der Waals surface area (Å²) in [4.78, 5) is 16.0. The number of aromatic nitrogens is 1. The Hall–Kier alpha value is -1.88. The molecule has 2 rings (SSSR count). The van der Waals surface area contributed by atoms with Gasteiger partial charge in [-0.2, -0.15) is 0 Å². The summed E-state index contributed by atoms with van der Waals surface area (Å²) >= 11 is 1.63. The number of aromatic carboxylic acids is 1. The van der Waals surface area contributed by atoms with Crippen LogP contribution in [0.2, 0.25) is 0 Å². The number of nitrogens with one attached hydrogen (secondary N) is 1.